The van der Waals surface area contributed by atoms with Crippen molar-refractivity contribution < 1.29 is 14.6 Å². The van der Waals surface area contributed by atoms with E-state index >= 15 is 0 Å². The number of methoxy groups -OCH3 is 1. The molecular weight excluding hydrogens is 538 g/mol. The van der Waals surface area contributed by atoms with Crippen LogP contribution in [0.4, 0.5) is 11.4 Å². The number of anilines is 2. The summed E-state index contributed by atoms with van der Waals surface area (Å²) >= 11 is 3.46. The van der Waals surface area contributed by atoms with Crippen LogP contribution in [-0.2, 0) is 4.74 Å². The number of halogens is 1. The topological polar surface area (TPSA) is 116 Å². The van der Waals surface area contributed by atoms with E-state index in [1.165, 1.54) is 0 Å². The smallest absolute Gasteiger partial charge is 0.261 e. The first-order chi connectivity index (χ1) is 17.8. The summed E-state index contributed by atoms with van der Waals surface area (Å²) in [4.78, 5) is 26.1. The lowest BCUT2D eigenvalue weighted by Gasteiger charge is -2.33. The molecule has 0 saturated carbocycles. The summed E-state index contributed by atoms with van der Waals surface area (Å²) in [7, 11) is 1.59. The zero-order chi connectivity index (χ0) is 26.1. The summed E-state index contributed by atoms with van der Waals surface area (Å²) in [5, 5.41) is 14.0. The fraction of sp³-hybridized carbons (Fsp3) is 0.333. The van der Waals surface area contributed by atoms with Crippen LogP contribution in [0.3, 0.4) is 0 Å². The Morgan fingerprint density at radius 2 is 2.16 bits per heavy atom. The van der Waals surface area contributed by atoms with Gasteiger partial charge in [0.2, 0.25) is 0 Å². The molecule has 2 aromatic heterocycles. The number of aliphatic hydroxyl groups is 1. The molecule has 4 aromatic rings. The van der Waals surface area contributed by atoms with E-state index in [0.717, 1.165) is 45.4 Å². The highest BCUT2D eigenvalue weighted by molar-refractivity contribution is 9.10. The molecule has 0 amide bonds. The van der Waals surface area contributed by atoms with Gasteiger partial charge in [-0.3, -0.25) is 4.79 Å². The molecule has 1 aliphatic heterocycles. The molecule has 1 fully saturated rings. The van der Waals surface area contributed by atoms with Crippen molar-refractivity contribution in [2.75, 3.05) is 43.6 Å². The van der Waals surface area contributed by atoms with Gasteiger partial charge in [0.05, 0.1) is 47.1 Å². The summed E-state index contributed by atoms with van der Waals surface area (Å²) < 4.78 is 11.7. The van der Waals surface area contributed by atoms with Gasteiger partial charge in [0.25, 0.3) is 5.56 Å². The second-order valence-electron chi connectivity index (χ2n) is 9.26. The third kappa shape index (κ3) is 5.22. The molecule has 4 N–H and O–H groups in total. The number of H-pyrrole nitrogens is 2. The summed E-state index contributed by atoms with van der Waals surface area (Å²) in [6.45, 7) is 6.65. The van der Waals surface area contributed by atoms with Crippen molar-refractivity contribution in [3.05, 3.63) is 68.5 Å². The average Bonchev–Trinajstić information content (AvgIpc) is 3.31. The fourth-order valence-electron chi connectivity index (χ4n) is 4.70. The van der Waals surface area contributed by atoms with Crippen LogP contribution >= 0.6 is 15.9 Å². The Morgan fingerprint density at radius 1 is 1.32 bits per heavy atom. The number of hydrogen-bond donors (Lipinski definition) is 4. The summed E-state index contributed by atoms with van der Waals surface area (Å²) in [6, 6.07) is 11.4. The van der Waals surface area contributed by atoms with Gasteiger partial charge in [-0.15, -0.1) is 0 Å². The van der Waals surface area contributed by atoms with Gasteiger partial charge in [0, 0.05) is 31.5 Å². The first kappa shape index (κ1) is 25.3. The van der Waals surface area contributed by atoms with E-state index in [-0.39, 0.29) is 18.2 Å². The Kier molecular flexibility index (Phi) is 7.23. The molecule has 0 radical (unpaired) electrons. The van der Waals surface area contributed by atoms with Crippen molar-refractivity contribution in [2.24, 2.45) is 0 Å². The van der Waals surface area contributed by atoms with Crippen LogP contribution < -0.4 is 20.5 Å². The largest absolute Gasteiger partial charge is 0.496 e. The van der Waals surface area contributed by atoms with Gasteiger partial charge in [0.15, 0.2) is 0 Å². The zero-order valence-corrected chi connectivity index (χ0v) is 22.6. The molecule has 2 unspecified atom stereocenters. The molecule has 0 bridgehead atoms. The summed E-state index contributed by atoms with van der Waals surface area (Å²) in [5.74, 6) is 1.16. The van der Waals surface area contributed by atoms with E-state index in [4.69, 9.17) is 14.5 Å². The van der Waals surface area contributed by atoms with Crippen molar-refractivity contribution >= 4 is 38.3 Å². The van der Waals surface area contributed by atoms with E-state index in [2.05, 4.69) is 55.2 Å². The summed E-state index contributed by atoms with van der Waals surface area (Å²) in [6.07, 6.45) is 0.953. The quantitative estimate of drug-likeness (QED) is 0.262. The Labute approximate surface area is 223 Å². The highest BCUT2D eigenvalue weighted by Gasteiger charge is 2.20. The van der Waals surface area contributed by atoms with Gasteiger partial charge in [-0.1, -0.05) is 6.07 Å². The van der Waals surface area contributed by atoms with Crippen molar-refractivity contribution in [3.8, 4) is 17.1 Å². The number of aromatic nitrogens is 3. The molecule has 1 aliphatic rings. The van der Waals surface area contributed by atoms with E-state index in [1.807, 2.05) is 19.1 Å². The maximum atomic E-state index is 12.9. The van der Waals surface area contributed by atoms with E-state index in [1.54, 1.807) is 25.4 Å². The molecular formula is C27H30BrN5O4. The monoisotopic (exact) mass is 567 g/mol. The third-order valence-corrected chi connectivity index (χ3v) is 7.23. The predicted octanol–water partition coefficient (Wildman–Crippen LogP) is 4.37. The number of hydrogen-bond acceptors (Lipinski definition) is 7. The second-order valence-corrected chi connectivity index (χ2v) is 10.1. The van der Waals surface area contributed by atoms with Gasteiger partial charge in [0.1, 0.15) is 17.1 Å². The molecule has 10 heteroatoms. The first-order valence-corrected chi connectivity index (χ1v) is 13.0. The number of imidazole rings is 1. The van der Waals surface area contributed by atoms with E-state index in [9.17, 15) is 9.90 Å². The maximum absolute atomic E-state index is 12.9. The Bertz CT molecular complexity index is 1480. The van der Waals surface area contributed by atoms with Crippen LogP contribution in [-0.4, -0.2) is 59.5 Å². The van der Waals surface area contributed by atoms with Crippen LogP contribution in [0.25, 0.3) is 22.4 Å². The minimum absolute atomic E-state index is 0.174. The third-order valence-electron chi connectivity index (χ3n) is 6.61. The Hall–Kier alpha value is -3.34. The number of fused-ring (bicyclic) bond motifs is 1. The number of morpholine rings is 1. The lowest BCUT2D eigenvalue weighted by Crippen LogP contribution is -2.41. The molecule has 2 atom stereocenters. The number of pyridine rings is 1. The lowest BCUT2D eigenvalue weighted by molar-refractivity contribution is 0.0532. The highest BCUT2D eigenvalue weighted by atomic mass is 79.9. The minimum Gasteiger partial charge on any atom is -0.496 e. The van der Waals surface area contributed by atoms with Gasteiger partial charge < -0.3 is 34.8 Å². The van der Waals surface area contributed by atoms with Gasteiger partial charge in [-0.2, -0.15) is 0 Å². The minimum atomic E-state index is -0.800. The Balaban J connectivity index is 1.43. The van der Waals surface area contributed by atoms with Crippen molar-refractivity contribution in [2.45, 2.75) is 26.1 Å². The number of aryl methyl sites for hydroxylation is 1. The van der Waals surface area contributed by atoms with Crippen LogP contribution in [0.2, 0.25) is 0 Å². The number of benzene rings is 2. The van der Waals surface area contributed by atoms with Gasteiger partial charge >= 0.3 is 0 Å². The highest BCUT2D eigenvalue weighted by Crippen LogP contribution is 2.31. The van der Waals surface area contributed by atoms with E-state index < -0.39 is 6.10 Å². The molecule has 194 valence electrons. The molecule has 0 aliphatic carbocycles. The van der Waals surface area contributed by atoms with Crippen LogP contribution in [0, 0.1) is 6.92 Å². The average molecular weight is 568 g/mol. The number of nitrogens with one attached hydrogen (secondary N) is 3. The predicted molar refractivity (Wildman–Crippen MR) is 149 cm³/mol. The molecule has 3 heterocycles. The normalized spacial score (nSPS) is 16.7. The molecule has 9 nitrogen and oxygen atoms in total. The number of nitrogens with zero attached hydrogens (tertiary/aromatic N) is 2. The molecule has 0 spiro atoms. The standard InChI is InChI=1S/C27H30BrN5O4/c1-15-10-18(33-8-9-37-16(2)14-33)12-21-25(15)32-26(31-21)24-20(6-7-29-27(24)35)30-13-22(34)17-4-5-23(36-3)19(28)11-17/h4-7,10-12,16,22,34H,8-9,13-14H2,1-3H3,(H,31,32)(H2,29,30,35). The number of ether oxygens (including phenoxy) is 2. The van der Waals surface area contributed by atoms with Crippen LogP contribution in [0.1, 0.15) is 24.2 Å². The molecule has 2 aromatic carbocycles. The van der Waals surface area contributed by atoms with E-state index in [0.29, 0.717) is 29.4 Å². The van der Waals surface area contributed by atoms with Crippen LogP contribution in [0.5, 0.6) is 5.75 Å². The van der Waals surface area contributed by atoms with Gasteiger partial charge in [-0.25, -0.2) is 4.98 Å². The Morgan fingerprint density at radius 3 is 2.92 bits per heavy atom. The van der Waals surface area contributed by atoms with Crippen molar-refractivity contribution in [1.29, 1.82) is 0 Å². The SMILES string of the molecule is COc1ccc(C(O)CNc2cc[nH]c(=O)c2-c2nc3c(C)cc(N4CCOC(C)C4)cc3[nH]2)cc1Br. The van der Waals surface area contributed by atoms with Crippen LogP contribution in [0.15, 0.2) is 51.9 Å². The molecule has 37 heavy (non-hydrogen) atoms. The van der Waals surface area contributed by atoms with Crippen molar-refractivity contribution in [1.82, 2.24) is 15.0 Å². The molecule has 5 rings (SSSR count). The first-order valence-electron chi connectivity index (χ1n) is 12.2. The fourth-order valence-corrected chi connectivity index (χ4v) is 5.26. The molecule has 1 saturated heterocycles. The summed E-state index contributed by atoms with van der Waals surface area (Å²) in [5.41, 5.74) is 5.22. The number of aromatic amines is 2. The maximum Gasteiger partial charge on any atom is 0.261 e. The number of aliphatic hydroxyl groups excluding tert-OH is 1. The van der Waals surface area contributed by atoms with Gasteiger partial charge in [-0.05, 0) is 71.2 Å². The lowest BCUT2D eigenvalue weighted by atomic mass is 10.1. The zero-order valence-electron chi connectivity index (χ0n) is 21.0. The number of rotatable bonds is 7. The van der Waals surface area contributed by atoms with Crippen molar-refractivity contribution in [3.63, 3.8) is 0 Å². The second kappa shape index (κ2) is 10.6.